The average molecular weight is 283 g/mol. The van der Waals surface area contributed by atoms with Crippen LogP contribution in [0.15, 0.2) is 54.6 Å². The van der Waals surface area contributed by atoms with Crippen LogP contribution in [0, 0.1) is 0 Å². The first-order chi connectivity index (χ1) is 10.3. The molecule has 3 nitrogen and oxygen atoms in total. The van der Waals surface area contributed by atoms with Gasteiger partial charge in [-0.1, -0.05) is 36.4 Å². The molecule has 0 radical (unpaired) electrons. The van der Waals surface area contributed by atoms with Gasteiger partial charge in [0.15, 0.2) is 0 Å². The van der Waals surface area contributed by atoms with Crippen molar-refractivity contribution in [3.63, 3.8) is 0 Å². The van der Waals surface area contributed by atoms with Crippen LogP contribution in [0.5, 0.6) is 11.5 Å². The summed E-state index contributed by atoms with van der Waals surface area (Å²) in [4.78, 5) is 0. The van der Waals surface area contributed by atoms with Crippen molar-refractivity contribution in [3.8, 4) is 11.5 Å². The van der Waals surface area contributed by atoms with E-state index in [0.29, 0.717) is 13.2 Å². The SMILES string of the molecule is NCC1(CCOc2ccccc2)CCOc2ccccc21. The Morgan fingerprint density at radius 3 is 2.62 bits per heavy atom. The van der Waals surface area contributed by atoms with Crippen LogP contribution >= 0.6 is 0 Å². The van der Waals surface area contributed by atoms with Gasteiger partial charge in [-0.3, -0.25) is 0 Å². The van der Waals surface area contributed by atoms with Gasteiger partial charge < -0.3 is 15.2 Å². The standard InChI is InChI=1S/C18H21NO2/c19-14-18(10-12-20-15-6-2-1-3-7-15)11-13-21-17-9-5-4-8-16(17)18/h1-9H,10-14,19H2. The van der Waals surface area contributed by atoms with Crippen molar-refractivity contribution >= 4 is 0 Å². The Labute approximate surface area is 125 Å². The Bertz CT molecular complexity index is 585. The van der Waals surface area contributed by atoms with Gasteiger partial charge in [0, 0.05) is 17.5 Å². The largest absolute Gasteiger partial charge is 0.494 e. The predicted molar refractivity (Wildman–Crippen MR) is 83.8 cm³/mol. The van der Waals surface area contributed by atoms with Crippen LogP contribution in [0.3, 0.4) is 0 Å². The smallest absolute Gasteiger partial charge is 0.123 e. The zero-order valence-electron chi connectivity index (χ0n) is 12.1. The van der Waals surface area contributed by atoms with Gasteiger partial charge in [-0.25, -0.2) is 0 Å². The molecule has 110 valence electrons. The fraction of sp³-hybridized carbons (Fsp3) is 0.333. The number of benzene rings is 2. The van der Waals surface area contributed by atoms with Gasteiger partial charge in [-0.05, 0) is 31.0 Å². The van der Waals surface area contributed by atoms with Crippen molar-refractivity contribution in [2.24, 2.45) is 5.73 Å². The van der Waals surface area contributed by atoms with Crippen LogP contribution in [0.4, 0.5) is 0 Å². The minimum atomic E-state index is -0.0381. The summed E-state index contributed by atoms with van der Waals surface area (Å²) in [5, 5.41) is 0. The normalized spacial score (nSPS) is 20.4. The van der Waals surface area contributed by atoms with Crippen LogP contribution in [-0.4, -0.2) is 19.8 Å². The molecule has 3 rings (SSSR count). The zero-order valence-corrected chi connectivity index (χ0v) is 12.1. The molecule has 0 fully saturated rings. The maximum absolute atomic E-state index is 6.12. The first-order valence-corrected chi connectivity index (χ1v) is 7.44. The molecule has 3 heteroatoms. The molecule has 0 aliphatic carbocycles. The summed E-state index contributed by atoms with van der Waals surface area (Å²) in [6, 6.07) is 18.1. The van der Waals surface area contributed by atoms with Crippen LogP contribution in [0.1, 0.15) is 18.4 Å². The van der Waals surface area contributed by atoms with E-state index in [1.54, 1.807) is 0 Å². The quantitative estimate of drug-likeness (QED) is 0.917. The molecule has 21 heavy (non-hydrogen) atoms. The van der Waals surface area contributed by atoms with E-state index in [9.17, 15) is 0 Å². The van der Waals surface area contributed by atoms with E-state index in [1.165, 1.54) is 5.56 Å². The molecule has 2 N–H and O–H groups in total. The van der Waals surface area contributed by atoms with Crippen molar-refractivity contribution < 1.29 is 9.47 Å². The second-order valence-electron chi connectivity index (χ2n) is 5.49. The number of fused-ring (bicyclic) bond motifs is 1. The highest BCUT2D eigenvalue weighted by Crippen LogP contribution is 2.40. The minimum Gasteiger partial charge on any atom is -0.494 e. The monoisotopic (exact) mass is 283 g/mol. The molecule has 0 amide bonds. The van der Waals surface area contributed by atoms with Crippen LogP contribution < -0.4 is 15.2 Å². The molecule has 2 aromatic rings. The summed E-state index contributed by atoms with van der Waals surface area (Å²) < 4.78 is 11.6. The van der Waals surface area contributed by atoms with Gasteiger partial charge in [0.1, 0.15) is 11.5 Å². The van der Waals surface area contributed by atoms with E-state index in [-0.39, 0.29) is 5.41 Å². The van der Waals surface area contributed by atoms with Gasteiger partial charge >= 0.3 is 0 Å². The second kappa shape index (κ2) is 6.19. The summed E-state index contributed by atoms with van der Waals surface area (Å²) >= 11 is 0. The van der Waals surface area contributed by atoms with E-state index in [1.807, 2.05) is 42.5 Å². The number of rotatable bonds is 5. The maximum Gasteiger partial charge on any atom is 0.123 e. The molecule has 0 saturated heterocycles. The fourth-order valence-corrected chi connectivity index (χ4v) is 2.98. The molecule has 0 bridgehead atoms. The lowest BCUT2D eigenvalue weighted by Gasteiger charge is -2.38. The van der Waals surface area contributed by atoms with Crippen LogP contribution in [0.25, 0.3) is 0 Å². The zero-order chi connectivity index (χ0) is 14.5. The number of para-hydroxylation sites is 2. The van der Waals surface area contributed by atoms with Crippen molar-refractivity contribution in [1.82, 2.24) is 0 Å². The molecular formula is C18H21NO2. The molecule has 0 spiro atoms. The third-order valence-corrected chi connectivity index (χ3v) is 4.28. The summed E-state index contributed by atoms with van der Waals surface area (Å²) in [6.07, 6.45) is 1.84. The lowest BCUT2D eigenvalue weighted by molar-refractivity contribution is 0.182. The van der Waals surface area contributed by atoms with Crippen molar-refractivity contribution in [2.75, 3.05) is 19.8 Å². The topological polar surface area (TPSA) is 44.5 Å². The van der Waals surface area contributed by atoms with E-state index >= 15 is 0 Å². The van der Waals surface area contributed by atoms with Crippen LogP contribution in [0.2, 0.25) is 0 Å². The van der Waals surface area contributed by atoms with E-state index < -0.39 is 0 Å². The fourth-order valence-electron chi connectivity index (χ4n) is 2.98. The Morgan fingerprint density at radius 1 is 1.05 bits per heavy atom. The Balaban J connectivity index is 1.73. The summed E-state index contributed by atoms with van der Waals surface area (Å²) in [6.45, 7) is 2.00. The molecule has 0 saturated carbocycles. The third-order valence-electron chi connectivity index (χ3n) is 4.28. The average Bonchev–Trinajstić information content (AvgIpc) is 2.56. The minimum absolute atomic E-state index is 0.0381. The lowest BCUT2D eigenvalue weighted by Crippen LogP contribution is -2.41. The lowest BCUT2D eigenvalue weighted by atomic mass is 9.73. The first-order valence-electron chi connectivity index (χ1n) is 7.44. The molecule has 1 aliphatic heterocycles. The molecular weight excluding hydrogens is 262 g/mol. The molecule has 1 atom stereocenters. The number of hydrogen-bond acceptors (Lipinski definition) is 3. The third kappa shape index (κ3) is 2.88. The Hall–Kier alpha value is -2.00. The van der Waals surface area contributed by atoms with Gasteiger partial charge in [0.05, 0.1) is 13.2 Å². The molecule has 1 aliphatic rings. The van der Waals surface area contributed by atoms with E-state index in [4.69, 9.17) is 15.2 Å². The summed E-state index contributed by atoms with van der Waals surface area (Å²) in [5.74, 6) is 1.87. The highest BCUT2D eigenvalue weighted by molar-refractivity contribution is 5.41. The Morgan fingerprint density at radius 2 is 1.81 bits per heavy atom. The van der Waals surface area contributed by atoms with Gasteiger partial charge in [-0.2, -0.15) is 0 Å². The molecule has 1 heterocycles. The molecule has 2 aromatic carbocycles. The highest BCUT2D eigenvalue weighted by Gasteiger charge is 2.36. The number of hydrogen-bond donors (Lipinski definition) is 1. The Kier molecular flexibility index (Phi) is 4.11. The molecule has 0 aromatic heterocycles. The van der Waals surface area contributed by atoms with Crippen molar-refractivity contribution in [2.45, 2.75) is 18.3 Å². The molecule has 1 unspecified atom stereocenters. The van der Waals surface area contributed by atoms with E-state index in [2.05, 4.69) is 12.1 Å². The van der Waals surface area contributed by atoms with Crippen molar-refractivity contribution in [1.29, 1.82) is 0 Å². The summed E-state index contributed by atoms with van der Waals surface area (Å²) in [5.41, 5.74) is 7.30. The predicted octanol–water partition coefficient (Wildman–Crippen LogP) is 3.13. The van der Waals surface area contributed by atoms with Gasteiger partial charge in [0.2, 0.25) is 0 Å². The first kappa shape index (κ1) is 14.0. The summed E-state index contributed by atoms with van der Waals surface area (Å²) in [7, 11) is 0. The van der Waals surface area contributed by atoms with Gasteiger partial charge in [-0.15, -0.1) is 0 Å². The number of ether oxygens (including phenoxy) is 2. The van der Waals surface area contributed by atoms with Crippen molar-refractivity contribution in [3.05, 3.63) is 60.2 Å². The van der Waals surface area contributed by atoms with Gasteiger partial charge in [0.25, 0.3) is 0 Å². The second-order valence-corrected chi connectivity index (χ2v) is 5.49. The number of nitrogens with two attached hydrogens (primary N) is 1. The maximum atomic E-state index is 6.12. The highest BCUT2D eigenvalue weighted by atomic mass is 16.5. The van der Waals surface area contributed by atoms with E-state index in [0.717, 1.165) is 30.9 Å². The van der Waals surface area contributed by atoms with Crippen LogP contribution in [-0.2, 0) is 5.41 Å².